The summed E-state index contributed by atoms with van der Waals surface area (Å²) in [6, 6.07) is 20.3. The number of nitrogens with zero attached hydrogens (tertiary/aromatic N) is 1. The van der Waals surface area contributed by atoms with Crippen LogP contribution in [0.25, 0.3) is 22.3 Å². The van der Waals surface area contributed by atoms with Crippen molar-refractivity contribution in [2.24, 2.45) is 0 Å². The SMILES string of the molecule is CCS(=O)(=O)c1ccc(CC(=O)Nc2ccc(-c3ccccc3OC(F)(F)F)c(-c3ccncc3)c2)cc1. The van der Waals surface area contributed by atoms with Gasteiger partial charge in [0.25, 0.3) is 0 Å². The smallest absolute Gasteiger partial charge is 0.405 e. The van der Waals surface area contributed by atoms with Crippen molar-refractivity contribution < 1.29 is 31.1 Å². The number of hydrogen-bond donors (Lipinski definition) is 1. The van der Waals surface area contributed by atoms with Gasteiger partial charge in [-0.05, 0) is 64.7 Å². The molecular weight excluding hydrogens is 517 g/mol. The van der Waals surface area contributed by atoms with E-state index in [0.717, 1.165) is 0 Å². The van der Waals surface area contributed by atoms with Gasteiger partial charge in [0.2, 0.25) is 5.91 Å². The first-order chi connectivity index (χ1) is 18.1. The topological polar surface area (TPSA) is 85.4 Å². The standard InChI is InChI=1S/C28H23F3N2O4S/c1-2-38(35,36)22-10-7-19(8-11-22)17-27(34)33-21-9-12-23(25(18-21)20-13-15-32-16-14-20)24-5-3-4-6-26(24)37-28(29,30)31/h3-16,18H,2,17H2,1H3,(H,33,34). The summed E-state index contributed by atoms with van der Waals surface area (Å²) in [6.45, 7) is 1.56. The first kappa shape index (κ1) is 26.9. The van der Waals surface area contributed by atoms with Crippen LogP contribution in [0.5, 0.6) is 5.75 Å². The summed E-state index contributed by atoms with van der Waals surface area (Å²) < 4.78 is 67.4. The van der Waals surface area contributed by atoms with Crippen molar-refractivity contribution in [2.45, 2.75) is 24.6 Å². The van der Waals surface area contributed by atoms with Crippen molar-refractivity contribution in [3.05, 3.63) is 96.8 Å². The molecule has 0 radical (unpaired) electrons. The molecule has 0 atom stereocenters. The maximum Gasteiger partial charge on any atom is 0.573 e. The highest BCUT2D eigenvalue weighted by Crippen LogP contribution is 2.40. The van der Waals surface area contributed by atoms with Crippen molar-refractivity contribution in [3.63, 3.8) is 0 Å². The molecule has 1 heterocycles. The second-order valence-electron chi connectivity index (χ2n) is 8.31. The first-order valence-corrected chi connectivity index (χ1v) is 13.2. The summed E-state index contributed by atoms with van der Waals surface area (Å²) in [5, 5.41) is 2.80. The Bertz CT molecular complexity index is 1540. The van der Waals surface area contributed by atoms with Gasteiger partial charge in [0.15, 0.2) is 9.84 Å². The quantitative estimate of drug-likeness (QED) is 0.284. The van der Waals surface area contributed by atoms with Crippen LogP contribution in [-0.2, 0) is 21.1 Å². The lowest BCUT2D eigenvalue weighted by Gasteiger charge is -2.17. The Morgan fingerprint density at radius 2 is 1.58 bits per heavy atom. The summed E-state index contributed by atoms with van der Waals surface area (Å²) >= 11 is 0. The van der Waals surface area contributed by atoms with Gasteiger partial charge in [0, 0.05) is 23.6 Å². The Balaban J connectivity index is 1.63. The largest absolute Gasteiger partial charge is 0.573 e. The zero-order chi connectivity index (χ0) is 27.3. The number of amides is 1. The molecule has 0 saturated carbocycles. The van der Waals surface area contributed by atoms with Crippen molar-refractivity contribution in [1.29, 1.82) is 0 Å². The van der Waals surface area contributed by atoms with Crippen LogP contribution in [0.15, 0.2) is 96.2 Å². The third-order valence-corrected chi connectivity index (χ3v) is 7.48. The van der Waals surface area contributed by atoms with Gasteiger partial charge in [0.1, 0.15) is 5.75 Å². The summed E-state index contributed by atoms with van der Waals surface area (Å²) in [7, 11) is -3.34. The number of anilines is 1. The molecule has 0 fully saturated rings. The Morgan fingerprint density at radius 1 is 0.895 bits per heavy atom. The Labute approximate surface area is 218 Å². The number of halogens is 3. The zero-order valence-electron chi connectivity index (χ0n) is 20.2. The molecule has 0 saturated heterocycles. The number of nitrogens with one attached hydrogen (secondary N) is 1. The minimum Gasteiger partial charge on any atom is -0.405 e. The predicted octanol–water partition coefficient (Wildman–Crippen LogP) is 6.29. The van der Waals surface area contributed by atoms with Crippen LogP contribution in [0.3, 0.4) is 0 Å². The van der Waals surface area contributed by atoms with Crippen LogP contribution in [-0.4, -0.2) is 31.4 Å². The molecule has 0 spiro atoms. The summed E-state index contributed by atoms with van der Waals surface area (Å²) in [5.41, 5.74) is 3.02. The molecule has 10 heteroatoms. The van der Waals surface area contributed by atoms with Gasteiger partial charge in [-0.25, -0.2) is 8.42 Å². The molecule has 1 aromatic heterocycles. The van der Waals surface area contributed by atoms with E-state index in [2.05, 4.69) is 15.0 Å². The molecule has 0 bridgehead atoms. The number of carbonyl (C=O) groups is 1. The van der Waals surface area contributed by atoms with Gasteiger partial charge in [-0.1, -0.05) is 43.3 Å². The number of ether oxygens (including phenoxy) is 1. The lowest BCUT2D eigenvalue weighted by Crippen LogP contribution is -2.17. The normalized spacial score (nSPS) is 11.7. The lowest BCUT2D eigenvalue weighted by atomic mass is 9.94. The van der Waals surface area contributed by atoms with E-state index in [4.69, 9.17) is 0 Å². The molecule has 0 aliphatic carbocycles. The van der Waals surface area contributed by atoms with Crippen molar-refractivity contribution >= 4 is 21.4 Å². The lowest BCUT2D eigenvalue weighted by molar-refractivity contribution is -0.274. The number of carbonyl (C=O) groups excluding carboxylic acids is 1. The Hall–Kier alpha value is -4.18. The van der Waals surface area contributed by atoms with Crippen molar-refractivity contribution in [1.82, 2.24) is 4.98 Å². The number of pyridine rings is 1. The van der Waals surface area contributed by atoms with E-state index in [9.17, 15) is 26.4 Å². The van der Waals surface area contributed by atoms with Gasteiger partial charge in [-0.15, -0.1) is 13.2 Å². The number of sulfone groups is 1. The van der Waals surface area contributed by atoms with Gasteiger partial charge in [-0.2, -0.15) is 0 Å². The number of rotatable bonds is 8. The van der Waals surface area contributed by atoms with E-state index in [-0.39, 0.29) is 34.3 Å². The maximum absolute atomic E-state index is 13.0. The molecule has 3 aromatic carbocycles. The van der Waals surface area contributed by atoms with Gasteiger partial charge in [0.05, 0.1) is 17.1 Å². The third-order valence-electron chi connectivity index (χ3n) is 5.72. The molecule has 0 unspecified atom stereocenters. The molecule has 196 valence electrons. The molecule has 38 heavy (non-hydrogen) atoms. The fourth-order valence-corrected chi connectivity index (χ4v) is 4.79. The zero-order valence-corrected chi connectivity index (χ0v) is 21.0. The number of alkyl halides is 3. The van der Waals surface area contributed by atoms with Crippen LogP contribution in [0.1, 0.15) is 12.5 Å². The fraction of sp³-hybridized carbons (Fsp3) is 0.143. The van der Waals surface area contributed by atoms with E-state index in [1.807, 2.05) is 0 Å². The molecule has 0 aliphatic rings. The summed E-state index contributed by atoms with van der Waals surface area (Å²) in [6.07, 6.45) is -1.74. The van der Waals surface area contributed by atoms with Gasteiger partial charge < -0.3 is 10.1 Å². The van der Waals surface area contributed by atoms with Crippen LogP contribution in [0.4, 0.5) is 18.9 Å². The Kier molecular flexibility index (Phi) is 7.82. The number of para-hydroxylation sites is 1. The maximum atomic E-state index is 13.0. The van der Waals surface area contributed by atoms with Crippen LogP contribution in [0, 0.1) is 0 Å². The molecule has 4 aromatic rings. The third kappa shape index (κ3) is 6.57. The molecular formula is C28H23F3N2O4S. The average molecular weight is 541 g/mol. The molecule has 0 aliphatic heterocycles. The van der Waals surface area contributed by atoms with Gasteiger partial charge in [-0.3, -0.25) is 9.78 Å². The summed E-state index contributed by atoms with van der Waals surface area (Å²) in [4.78, 5) is 16.9. The average Bonchev–Trinajstić information content (AvgIpc) is 2.89. The minimum absolute atomic E-state index is 0.00104. The number of benzene rings is 3. The highest BCUT2D eigenvalue weighted by molar-refractivity contribution is 7.91. The van der Waals surface area contributed by atoms with Crippen LogP contribution < -0.4 is 10.1 Å². The number of aromatic nitrogens is 1. The van der Waals surface area contributed by atoms with E-state index in [0.29, 0.717) is 27.9 Å². The van der Waals surface area contributed by atoms with E-state index >= 15 is 0 Å². The van der Waals surface area contributed by atoms with Crippen molar-refractivity contribution in [2.75, 3.05) is 11.1 Å². The first-order valence-electron chi connectivity index (χ1n) is 11.6. The molecule has 4 rings (SSSR count). The molecule has 1 amide bonds. The minimum atomic E-state index is -4.86. The van der Waals surface area contributed by atoms with Crippen LogP contribution in [0.2, 0.25) is 0 Å². The number of hydrogen-bond acceptors (Lipinski definition) is 5. The van der Waals surface area contributed by atoms with Gasteiger partial charge >= 0.3 is 6.36 Å². The highest BCUT2D eigenvalue weighted by Gasteiger charge is 2.32. The van der Waals surface area contributed by atoms with Crippen LogP contribution >= 0.6 is 0 Å². The summed E-state index contributed by atoms with van der Waals surface area (Å²) in [5.74, 6) is -0.707. The predicted molar refractivity (Wildman–Crippen MR) is 138 cm³/mol. The second kappa shape index (κ2) is 11.1. The van der Waals surface area contributed by atoms with Crippen molar-refractivity contribution in [3.8, 4) is 28.0 Å². The van der Waals surface area contributed by atoms with E-state index in [1.165, 1.54) is 30.3 Å². The fourth-order valence-electron chi connectivity index (χ4n) is 3.90. The van der Waals surface area contributed by atoms with E-state index < -0.39 is 16.2 Å². The molecule has 6 nitrogen and oxygen atoms in total. The monoisotopic (exact) mass is 540 g/mol. The molecule has 1 N–H and O–H groups in total. The highest BCUT2D eigenvalue weighted by atomic mass is 32.2. The second-order valence-corrected chi connectivity index (χ2v) is 10.6. The Morgan fingerprint density at radius 3 is 2.24 bits per heavy atom. The van der Waals surface area contributed by atoms with E-state index in [1.54, 1.807) is 67.8 Å².